The Morgan fingerprint density at radius 1 is 1.35 bits per heavy atom. The number of halogens is 1. The molecule has 0 saturated carbocycles. The number of rotatable bonds is 8. The van der Waals surface area contributed by atoms with Crippen LogP contribution in [-0.2, 0) is 16.0 Å². The molecule has 1 atom stereocenters. The van der Waals surface area contributed by atoms with Crippen LogP contribution in [0.2, 0.25) is 5.02 Å². The van der Waals surface area contributed by atoms with Crippen LogP contribution < -0.4 is 5.32 Å². The lowest BCUT2D eigenvalue weighted by molar-refractivity contribution is -0.137. The van der Waals surface area contributed by atoms with E-state index >= 15 is 0 Å². The second kappa shape index (κ2) is 8.59. The Labute approximate surface area is 124 Å². The molecule has 1 aromatic carbocycles. The lowest BCUT2D eigenvalue weighted by Crippen LogP contribution is -2.37. The number of carboxylic acid groups (broad SMARTS) is 1. The molecule has 0 radical (unpaired) electrons. The largest absolute Gasteiger partial charge is 0.481 e. The SMILES string of the molecule is CCCC[C@@H](CC(=O)O)NC(=O)Cc1ccccc1Cl. The molecular formula is C15H20ClNO3. The molecule has 0 aromatic heterocycles. The maximum absolute atomic E-state index is 12.0. The van der Waals surface area contributed by atoms with Crippen LogP contribution in [-0.4, -0.2) is 23.0 Å². The number of unbranched alkanes of at least 4 members (excludes halogenated alkanes) is 1. The molecule has 1 aromatic rings. The van der Waals surface area contributed by atoms with E-state index in [-0.39, 0.29) is 24.8 Å². The predicted octanol–water partition coefficient (Wildman–Crippen LogP) is 3.03. The number of hydrogen-bond donors (Lipinski definition) is 2. The lowest BCUT2D eigenvalue weighted by atomic mass is 10.1. The van der Waals surface area contributed by atoms with E-state index in [1.54, 1.807) is 18.2 Å². The van der Waals surface area contributed by atoms with Crippen molar-refractivity contribution in [2.45, 2.75) is 45.1 Å². The van der Waals surface area contributed by atoms with E-state index in [0.717, 1.165) is 18.4 Å². The van der Waals surface area contributed by atoms with Gasteiger partial charge in [0.1, 0.15) is 0 Å². The van der Waals surface area contributed by atoms with Crippen molar-refractivity contribution in [1.29, 1.82) is 0 Å². The summed E-state index contributed by atoms with van der Waals surface area (Å²) in [6.45, 7) is 2.03. The van der Waals surface area contributed by atoms with Crippen LogP contribution >= 0.6 is 11.6 Å². The van der Waals surface area contributed by atoms with E-state index in [9.17, 15) is 9.59 Å². The van der Waals surface area contributed by atoms with Gasteiger partial charge in [-0.3, -0.25) is 9.59 Å². The number of benzene rings is 1. The molecule has 0 aliphatic heterocycles. The van der Waals surface area contributed by atoms with Gasteiger partial charge >= 0.3 is 5.97 Å². The van der Waals surface area contributed by atoms with Gasteiger partial charge in [-0.15, -0.1) is 0 Å². The highest BCUT2D eigenvalue weighted by atomic mass is 35.5. The Kier molecular flexibility index (Phi) is 7.09. The van der Waals surface area contributed by atoms with Gasteiger partial charge in [-0.1, -0.05) is 49.6 Å². The molecule has 0 bridgehead atoms. The average Bonchev–Trinajstić information content (AvgIpc) is 2.38. The summed E-state index contributed by atoms with van der Waals surface area (Å²) in [6, 6.07) is 6.83. The molecule has 0 aliphatic carbocycles. The van der Waals surface area contributed by atoms with Crippen LogP contribution in [0, 0.1) is 0 Å². The molecular weight excluding hydrogens is 278 g/mol. The van der Waals surface area contributed by atoms with Gasteiger partial charge in [0.25, 0.3) is 0 Å². The van der Waals surface area contributed by atoms with Crippen molar-refractivity contribution in [3.05, 3.63) is 34.9 Å². The molecule has 20 heavy (non-hydrogen) atoms. The average molecular weight is 298 g/mol. The normalized spacial score (nSPS) is 11.9. The third-order valence-corrected chi connectivity index (χ3v) is 3.37. The predicted molar refractivity (Wildman–Crippen MR) is 78.9 cm³/mol. The van der Waals surface area contributed by atoms with Crippen molar-refractivity contribution in [3.63, 3.8) is 0 Å². The van der Waals surface area contributed by atoms with Crippen LogP contribution in [0.15, 0.2) is 24.3 Å². The Morgan fingerprint density at radius 3 is 2.65 bits per heavy atom. The summed E-state index contributed by atoms with van der Waals surface area (Å²) in [6.07, 6.45) is 2.66. The topological polar surface area (TPSA) is 66.4 Å². The van der Waals surface area contributed by atoms with Crippen LogP contribution in [0.1, 0.15) is 38.2 Å². The fourth-order valence-corrected chi connectivity index (χ4v) is 2.18. The van der Waals surface area contributed by atoms with Crippen LogP contribution in [0.3, 0.4) is 0 Å². The van der Waals surface area contributed by atoms with Crippen molar-refractivity contribution in [3.8, 4) is 0 Å². The van der Waals surface area contributed by atoms with Crippen molar-refractivity contribution in [1.82, 2.24) is 5.32 Å². The monoisotopic (exact) mass is 297 g/mol. The Morgan fingerprint density at radius 2 is 2.05 bits per heavy atom. The first-order valence-electron chi connectivity index (χ1n) is 6.77. The van der Waals surface area contributed by atoms with E-state index in [1.807, 2.05) is 13.0 Å². The molecule has 2 N–H and O–H groups in total. The first-order valence-corrected chi connectivity index (χ1v) is 7.15. The molecule has 0 unspecified atom stereocenters. The van der Waals surface area contributed by atoms with Crippen molar-refractivity contribution >= 4 is 23.5 Å². The molecule has 0 aliphatic rings. The summed E-state index contributed by atoms with van der Waals surface area (Å²) in [5.74, 6) is -1.09. The molecule has 4 nitrogen and oxygen atoms in total. The first kappa shape index (κ1) is 16.5. The molecule has 1 rings (SSSR count). The maximum Gasteiger partial charge on any atom is 0.305 e. The zero-order chi connectivity index (χ0) is 15.0. The number of amides is 1. The van der Waals surface area contributed by atoms with Gasteiger partial charge in [0.05, 0.1) is 12.8 Å². The van der Waals surface area contributed by atoms with E-state index in [4.69, 9.17) is 16.7 Å². The molecule has 0 fully saturated rings. The number of aliphatic carboxylic acids is 1. The highest BCUT2D eigenvalue weighted by molar-refractivity contribution is 6.31. The zero-order valence-corrected chi connectivity index (χ0v) is 12.3. The van der Waals surface area contributed by atoms with Gasteiger partial charge in [0, 0.05) is 11.1 Å². The second-order valence-electron chi connectivity index (χ2n) is 4.77. The van der Waals surface area contributed by atoms with Gasteiger partial charge in [-0.25, -0.2) is 0 Å². The third-order valence-electron chi connectivity index (χ3n) is 3.00. The fourth-order valence-electron chi connectivity index (χ4n) is 1.98. The number of carbonyl (C=O) groups excluding carboxylic acids is 1. The van der Waals surface area contributed by atoms with E-state index in [2.05, 4.69) is 5.32 Å². The molecule has 1 amide bonds. The Balaban J connectivity index is 2.56. The summed E-state index contributed by atoms with van der Waals surface area (Å²) in [5, 5.41) is 12.2. The summed E-state index contributed by atoms with van der Waals surface area (Å²) in [7, 11) is 0. The quantitative estimate of drug-likeness (QED) is 0.775. The number of carboxylic acids is 1. The van der Waals surface area contributed by atoms with Crippen LogP contribution in [0.4, 0.5) is 0 Å². The first-order chi connectivity index (χ1) is 9.52. The lowest BCUT2D eigenvalue weighted by Gasteiger charge is -2.16. The molecule has 0 spiro atoms. The van der Waals surface area contributed by atoms with E-state index in [1.165, 1.54) is 0 Å². The van der Waals surface area contributed by atoms with Crippen molar-refractivity contribution in [2.24, 2.45) is 0 Å². The fraction of sp³-hybridized carbons (Fsp3) is 0.467. The van der Waals surface area contributed by atoms with Crippen molar-refractivity contribution < 1.29 is 14.7 Å². The third kappa shape index (κ3) is 6.06. The smallest absolute Gasteiger partial charge is 0.305 e. The van der Waals surface area contributed by atoms with Crippen molar-refractivity contribution in [2.75, 3.05) is 0 Å². The summed E-state index contributed by atoms with van der Waals surface area (Å²) in [5.41, 5.74) is 0.747. The minimum Gasteiger partial charge on any atom is -0.481 e. The van der Waals surface area contributed by atoms with Crippen LogP contribution in [0.25, 0.3) is 0 Å². The summed E-state index contributed by atoms with van der Waals surface area (Å²) in [4.78, 5) is 22.8. The molecule has 0 heterocycles. The molecule has 5 heteroatoms. The van der Waals surface area contributed by atoms with Gasteiger partial charge in [-0.2, -0.15) is 0 Å². The summed E-state index contributed by atoms with van der Waals surface area (Å²) < 4.78 is 0. The number of hydrogen-bond acceptors (Lipinski definition) is 2. The Bertz CT molecular complexity index is 462. The maximum atomic E-state index is 12.0. The highest BCUT2D eigenvalue weighted by Gasteiger charge is 2.16. The minimum absolute atomic E-state index is 0.0474. The van der Waals surface area contributed by atoms with Gasteiger partial charge in [0.2, 0.25) is 5.91 Å². The molecule has 0 saturated heterocycles. The van der Waals surface area contributed by atoms with Gasteiger partial charge < -0.3 is 10.4 Å². The highest BCUT2D eigenvalue weighted by Crippen LogP contribution is 2.15. The summed E-state index contributed by atoms with van der Waals surface area (Å²) >= 11 is 6.00. The number of nitrogens with one attached hydrogen (secondary N) is 1. The zero-order valence-electron chi connectivity index (χ0n) is 11.6. The van der Waals surface area contributed by atoms with E-state index in [0.29, 0.717) is 11.4 Å². The number of carbonyl (C=O) groups is 2. The Hall–Kier alpha value is -1.55. The van der Waals surface area contributed by atoms with Gasteiger partial charge in [-0.05, 0) is 18.1 Å². The molecule has 110 valence electrons. The minimum atomic E-state index is -0.899. The second-order valence-corrected chi connectivity index (χ2v) is 5.18. The standard InChI is InChI=1S/C15H20ClNO3/c1-2-3-7-12(10-15(19)20)17-14(18)9-11-6-4-5-8-13(11)16/h4-6,8,12H,2-3,7,9-10H2,1H3,(H,17,18)(H,19,20)/t12-/m0/s1. The van der Waals surface area contributed by atoms with Gasteiger partial charge in [0.15, 0.2) is 0 Å². The van der Waals surface area contributed by atoms with Crippen LogP contribution in [0.5, 0.6) is 0 Å². The van der Waals surface area contributed by atoms with E-state index < -0.39 is 5.97 Å².